The van der Waals surface area contributed by atoms with Crippen LogP contribution in [-0.2, 0) is 0 Å². The number of rotatable bonds is 2. The van der Waals surface area contributed by atoms with Crippen molar-refractivity contribution in [1.29, 1.82) is 0 Å². The normalized spacial score (nSPS) is 25.8. The molecular formula is C9H13FN2S. The van der Waals surface area contributed by atoms with Crippen LogP contribution >= 0.6 is 11.5 Å². The molecule has 1 aliphatic rings. The fourth-order valence-electron chi connectivity index (χ4n) is 1.69. The van der Waals surface area contributed by atoms with E-state index in [1.807, 2.05) is 0 Å². The van der Waals surface area contributed by atoms with Gasteiger partial charge < -0.3 is 5.32 Å². The number of hydrogen-bond donors (Lipinski definition) is 1. The minimum atomic E-state index is -0.868. The van der Waals surface area contributed by atoms with Crippen molar-refractivity contribution in [2.24, 2.45) is 0 Å². The smallest absolute Gasteiger partial charge is 0.151 e. The van der Waals surface area contributed by atoms with Gasteiger partial charge in [-0.3, -0.25) is 0 Å². The van der Waals surface area contributed by atoms with Crippen LogP contribution in [0.4, 0.5) is 4.39 Å². The lowest BCUT2D eigenvalue weighted by atomic mass is 10.00. The fraction of sp³-hybridized carbons (Fsp3) is 0.667. The van der Waals surface area contributed by atoms with Crippen molar-refractivity contribution in [3.63, 3.8) is 0 Å². The van der Waals surface area contributed by atoms with Gasteiger partial charge in [0, 0.05) is 12.2 Å². The minimum Gasteiger partial charge on any atom is -0.311 e. The summed E-state index contributed by atoms with van der Waals surface area (Å²) in [6.07, 6.45) is 4.05. The van der Waals surface area contributed by atoms with E-state index in [1.165, 1.54) is 18.0 Å². The van der Waals surface area contributed by atoms with Gasteiger partial charge in [0.2, 0.25) is 0 Å². The first-order chi connectivity index (χ1) is 6.38. The van der Waals surface area contributed by atoms with Gasteiger partial charge in [0.25, 0.3) is 0 Å². The van der Waals surface area contributed by atoms with Crippen molar-refractivity contribution < 1.29 is 4.39 Å². The van der Waals surface area contributed by atoms with Gasteiger partial charge >= 0.3 is 0 Å². The van der Waals surface area contributed by atoms with Crippen molar-refractivity contribution >= 4 is 11.5 Å². The SMILES string of the molecule is FC(c1ccns1)C1CCCCN1. The summed E-state index contributed by atoms with van der Waals surface area (Å²) < 4.78 is 17.7. The molecule has 0 saturated carbocycles. The Kier molecular flexibility index (Phi) is 2.90. The molecule has 72 valence electrons. The third-order valence-electron chi connectivity index (χ3n) is 2.43. The Morgan fingerprint density at radius 1 is 1.62 bits per heavy atom. The average Bonchev–Trinajstić information content (AvgIpc) is 2.71. The van der Waals surface area contributed by atoms with Crippen LogP contribution in [0.1, 0.15) is 30.3 Å². The highest BCUT2D eigenvalue weighted by atomic mass is 32.1. The van der Waals surface area contributed by atoms with E-state index >= 15 is 0 Å². The molecule has 0 amide bonds. The number of aromatic nitrogens is 1. The van der Waals surface area contributed by atoms with Gasteiger partial charge in [-0.05, 0) is 37.0 Å². The van der Waals surface area contributed by atoms with E-state index in [1.54, 1.807) is 12.3 Å². The lowest BCUT2D eigenvalue weighted by Gasteiger charge is -2.25. The first-order valence-corrected chi connectivity index (χ1v) is 5.43. The molecule has 4 heteroatoms. The maximum Gasteiger partial charge on any atom is 0.151 e. The zero-order valence-corrected chi connectivity index (χ0v) is 8.19. The molecule has 1 saturated heterocycles. The highest BCUT2D eigenvalue weighted by Crippen LogP contribution is 2.28. The molecule has 0 aliphatic carbocycles. The van der Waals surface area contributed by atoms with Gasteiger partial charge in [0.1, 0.15) is 0 Å². The largest absolute Gasteiger partial charge is 0.311 e. The lowest BCUT2D eigenvalue weighted by molar-refractivity contribution is 0.225. The Labute approximate surface area is 81.3 Å². The van der Waals surface area contributed by atoms with Crippen molar-refractivity contribution in [3.05, 3.63) is 17.1 Å². The fourth-order valence-corrected chi connectivity index (χ4v) is 2.32. The molecular weight excluding hydrogens is 187 g/mol. The molecule has 0 aromatic carbocycles. The Morgan fingerprint density at radius 2 is 2.54 bits per heavy atom. The topological polar surface area (TPSA) is 24.9 Å². The zero-order chi connectivity index (χ0) is 9.10. The number of hydrogen-bond acceptors (Lipinski definition) is 3. The molecule has 13 heavy (non-hydrogen) atoms. The maximum atomic E-state index is 13.8. The highest BCUT2D eigenvalue weighted by Gasteiger charge is 2.25. The summed E-state index contributed by atoms with van der Waals surface area (Å²) in [5.74, 6) is 0. The first-order valence-electron chi connectivity index (χ1n) is 4.66. The van der Waals surface area contributed by atoms with Crippen LogP contribution < -0.4 is 5.32 Å². The number of nitrogens with zero attached hydrogens (tertiary/aromatic N) is 1. The second-order valence-electron chi connectivity index (χ2n) is 3.37. The monoisotopic (exact) mass is 200 g/mol. The molecule has 1 N–H and O–H groups in total. The summed E-state index contributed by atoms with van der Waals surface area (Å²) in [5.41, 5.74) is 0. The van der Waals surface area contributed by atoms with Crippen molar-refractivity contribution in [1.82, 2.24) is 9.69 Å². The van der Waals surface area contributed by atoms with Crippen LogP contribution in [0.25, 0.3) is 0 Å². The first kappa shape index (κ1) is 9.09. The molecule has 1 aromatic rings. The Bertz CT molecular complexity index is 244. The van der Waals surface area contributed by atoms with E-state index in [0.29, 0.717) is 0 Å². The molecule has 0 bridgehead atoms. The Hall–Kier alpha value is -0.480. The summed E-state index contributed by atoms with van der Waals surface area (Å²) in [6.45, 7) is 0.948. The molecule has 2 unspecified atom stereocenters. The van der Waals surface area contributed by atoms with Crippen LogP contribution in [0.2, 0.25) is 0 Å². The minimum absolute atomic E-state index is 0.00852. The van der Waals surface area contributed by atoms with E-state index < -0.39 is 6.17 Å². The van der Waals surface area contributed by atoms with E-state index in [0.717, 1.165) is 24.3 Å². The molecule has 0 spiro atoms. The molecule has 0 radical (unpaired) electrons. The summed E-state index contributed by atoms with van der Waals surface area (Å²) in [7, 11) is 0. The number of alkyl halides is 1. The third kappa shape index (κ3) is 2.06. The number of nitrogens with one attached hydrogen (secondary N) is 1. The molecule has 2 rings (SSSR count). The highest BCUT2D eigenvalue weighted by molar-refractivity contribution is 7.05. The van der Waals surface area contributed by atoms with Crippen molar-refractivity contribution in [2.45, 2.75) is 31.5 Å². The molecule has 2 nitrogen and oxygen atoms in total. The van der Waals surface area contributed by atoms with Gasteiger partial charge in [-0.25, -0.2) is 8.76 Å². The van der Waals surface area contributed by atoms with Gasteiger partial charge in [-0.1, -0.05) is 6.42 Å². The molecule has 1 aromatic heterocycles. The molecule has 2 heterocycles. The quantitative estimate of drug-likeness (QED) is 0.792. The summed E-state index contributed by atoms with van der Waals surface area (Å²) in [4.78, 5) is 0.749. The van der Waals surface area contributed by atoms with Gasteiger partial charge in [-0.2, -0.15) is 0 Å². The van der Waals surface area contributed by atoms with E-state index in [9.17, 15) is 4.39 Å². The predicted molar refractivity (Wildman–Crippen MR) is 51.6 cm³/mol. The van der Waals surface area contributed by atoms with Crippen molar-refractivity contribution in [3.8, 4) is 0 Å². The molecule has 1 fully saturated rings. The van der Waals surface area contributed by atoms with Gasteiger partial charge in [0.15, 0.2) is 6.17 Å². The molecule has 2 atom stereocenters. The van der Waals surface area contributed by atoms with Crippen LogP contribution in [0, 0.1) is 0 Å². The standard InChI is InChI=1S/C9H13FN2S/c10-9(8-4-6-12-13-8)7-3-1-2-5-11-7/h4,6-7,9,11H,1-3,5H2. The van der Waals surface area contributed by atoms with Gasteiger partial charge in [0.05, 0.1) is 4.88 Å². The Balaban J connectivity index is 1.99. The second kappa shape index (κ2) is 4.15. The zero-order valence-electron chi connectivity index (χ0n) is 7.37. The van der Waals surface area contributed by atoms with E-state index in [-0.39, 0.29) is 6.04 Å². The lowest BCUT2D eigenvalue weighted by Crippen LogP contribution is -2.37. The number of piperidine rings is 1. The predicted octanol–water partition coefficient (Wildman–Crippen LogP) is 2.30. The second-order valence-corrected chi connectivity index (χ2v) is 4.24. The third-order valence-corrected chi connectivity index (χ3v) is 3.23. The van der Waals surface area contributed by atoms with Crippen LogP contribution in [0.5, 0.6) is 0 Å². The summed E-state index contributed by atoms with van der Waals surface area (Å²) in [5, 5.41) is 3.21. The maximum absolute atomic E-state index is 13.8. The van der Waals surface area contributed by atoms with Crippen LogP contribution in [0.3, 0.4) is 0 Å². The Morgan fingerprint density at radius 3 is 3.15 bits per heavy atom. The van der Waals surface area contributed by atoms with Gasteiger partial charge in [-0.15, -0.1) is 0 Å². The summed E-state index contributed by atoms with van der Waals surface area (Å²) >= 11 is 1.26. The van der Waals surface area contributed by atoms with E-state index in [2.05, 4.69) is 9.69 Å². The van der Waals surface area contributed by atoms with Crippen molar-refractivity contribution in [2.75, 3.05) is 6.54 Å². The summed E-state index contributed by atoms with van der Waals surface area (Å²) in [6, 6.07) is 1.78. The average molecular weight is 200 g/mol. The van der Waals surface area contributed by atoms with Crippen LogP contribution in [-0.4, -0.2) is 17.0 Å². The number of halogens is 1. The van der Waals surface area contributed by atoms with Crippen LogP contribution in [0.15, 0.2) is 12.3 Å². The molecule has 1 aliphatic heterocycles. The van der Waals surface area contributed by atoms with E-state index in [4.69, 9.17) is 0 Å².